The summed E-state index contributed by atoms with van der Waals surface area (Å²) in [5, 5.41) is 8.21. The van der Waals surface area contributed by atoms with Crippen molar-refractivity contribution in [2.24, 2.45) is 5.41 Å². The van der Waals surface area contributed by atoms with Crippen LogP contribution in [-0.2, 0) is 4.79 Å². The van der Waals surface area contributed by atoms with Crippen molar-refractivity contribution < 1.29 is 14.3 Å². The van der Waals surface area contributed by atoms with E-state index in [-0.39, 0.29) is 11.2 Å². The molecule has 33 heavy (non-hydrogen) atoms. The number of pyridine rings is 1. The zero-order valence-electron chi connectivity index (χ0n) is 19.3. The van der Waals surface area contributed by atoms with E-state index < -0.39 is 6.04 Å². The van der Waals surface area contributed by atoms with Crippen LogP contribution in [0.25, 0.3) is 11.4 Å². The number of benzene rings is 1. The van der Waals surface area contributed by atoms with Crippen LogP contribution < -0.4 is 14.8 Å². The predicted octanol–water partition coefficient (Wildman–Crippen LogP) is 4.41. The summed E-state index contributed by atoms with van der Waals surface area (Å²) in [7, 11) is 1.62. The van der Waals surface area contributed by atoms with Gasteiger partial charge in [-0.25, -0.2) is 4.68 Å². The van der Waals surface area contributed by atoms with E-state index in [0.717, 1.165) is 28.8 Å². The molecular formula is C25H27N5O3. The molecule has 2 aromatic heterocycles. The van der Waals surface area contributed by atoms with Crippen LogP contribution in [0.3, 0.4) is 0 Å². The molecule has 8 nitrogen and oxygen atoms in total. The molecule has 1 aliphatic carbocycles. The Morgan fingerprint density at radius 1 is 1.21 bits per heavy atom. The summed E-state index contributed by atoms with van der Waals surface area (Å²) in [6, 6.07) is 9.14. The van der Waals surface area contributed by atoms with Crippen LogP contribution in [0.15, 0.2) is 54.0 Å². The molecule has 0 spiro atoms. The van der Waals surface area contributed by atoms with E-state index >= 15 is 0 Å². The van der Waals surface area contributed by atoms with Gasteiger partial charge in [-0.05, 0) is 48.6 Å². The van der Waals surface area contributed by atoms with E-state index in [2.05, 4.69) is 24.1 Å². The first kappa shape index (κ1) is 21.2. The summed E-state index contributed by atoms with van der Waals surface area (Å²) in [6.07, 6.45) is 4.69. The molecule has 1 unspecified atom stereocenters. The second kappa shape index (κ2) is 8.03. The van der Waals surface area contributed by atoms with Gasteiger partial charge < -0.3 is 14.8 Å². The fourth-order valence-corrected chi connectivity index (χ4v) is 4.66. The summed E-state index contributed by atoms with van der Waals surface area (Å²) in [6.45, 7) is 6.70. The summed E-state index contributed by atoms with van der Waals surface area (Å²) in [4.78, 5) is 22.4. The minimum absolute atomic E-state index is 0.121. The number of hydrogen-bond donors (Lipinski definition) is 1. The molecule has 3 aromatic rings. The van der Waals surface area contributed by atoms with E-state index in [1.165, 1.54) is 0 Å². The van der Waals surface area contributed by atoms with Gasteiger partial charge in [0.25, 0.3) is 0 Å². The van der Waals surface area contributed by atoms with Crippen molar-refractivity contribution in [2.75, 3.05) is 19.0 Å². The monoisotopic (exact) mass is 445 g/mol. The Morgan fingerprint density at radius 3 is 2.79 bits per heavy atom. The van der Waals surface area contributed by atoms with Gasteiger partial charge in [0.15, 0.2) is 23.1 Å². The average Bonchev–Trinajstić information content (AvgIpc) is 3.22. The number of fused-ring (bicyclic) bond motifs is 1. The van der Waals surface area contributed by atoms with Crippen molar-refractivity contribution in [1.29, 1.82) is 0 Å². The SMILES string of the molecule is CCOc1ccc(C2C3=C(CC(C)(C)CC3=O)Nc3nc(-c4cccnc4)nn32)cc1OC. The maximum Gasteiger partial charge on any atom is 0.226 e. The van der Waals surface area contributed by atoms with Gasteiger partial charge in [-0.2, -0.15) is 4.98 Å². The van der Waals surface area contributed by atoms with E-state index in [9.17, 15) is 4.79 Å². The quantitative estimate of drug-likeness (QED) is 0.622. The summed E-state index contributed by atoms with van der Waals surface area (Å²) in [5.41, 5.74) is 3.22. The van der Waals surface area contributed by atoms with Gasteiger partial charge >= 0.3 is 0 Å². The van der Waals surface area contributed by atoms with Crippen molar-refractivity contribution in [2.45, 2.75) is 39.7 Å². The Balaban J connectivity index is 1.68. The number of aromatic nitrogens is 4. The largest absolute Gasteiger partial charge is 0.493 e. The van der Waals surface area contributed by atoms with Gasteiger partial charge in [0, 0.05) is 35.6 Å². The molecule has 0 amide bonds. The number of nitrogens with zero attached hydrogens (tertiary/aromatic N) is 4. The average molecular weight is 446 g/mol. The van der Waals surface area contributed by atoms with Gasteiger partial charge in [-0.15, -0.1) is 5.10 Å². The second-order valence-electron chi connectivity index (χ2n) is 9.15. The fourth-order valence-electron chi connectivity index (χ4n) is 4.66. The fraction of sp³-hybridized carbons (Fsp3) is 0.360. The number of nitrogens with one attached hydrogen (secondary N) is 1. The van der Waals surface area contributed by atoms with Gasteiger partial charge in [0.2, 0.25) is 5.95 Å². The van der Waals surface area contributed by atoms with E-state index in [1.807, 2.05) is 37.3 Å². The highest BCUT2D eigenvalue weighted by Gasteiger charge is 2.42. The van der Waals surface area contributed by atoms with E-state index in [1.54, 1.807) is 24.2 Å². The normalized spacial score (nSPS) is 18.9. The third kappa shape index (κ3) is 3.75. The molecule has 8 heteroatoms. The molecule has 1 atom stereocenters. The zero-order chi connectivity index (χ0) is 23.2. The third-order valence-electron chi connectivity index (χ3n) is 6.05. The lowest BCUT2D eigenvalue weighted by Crippen LogP contribution is -2.36. The molecule has 1 aliphatic heterocycles. The molecule has 170 valence electrons. The topological polar surface area (TPSA) is 91.2 Å². The van der Waals surface area contributed by atoms with Crippen LogP contribution in [0.1, 0.15) is 45.2 Å². The van der Waals surface area contributed by atoms with Crippen LogP contribution in [0.4, 0.5) is 5.95 Å². The number of carbonyl (C=O) groups excluding carboxylic acids is 1. The van der Waals surface area contributed by atoms with Gasteiger partial charge in [0.05, 0.1) is 13.7 Å². The smallest absolute Gasteiger partial charge is 0.226 e. The first-order chi connectivity index (χ1) is 15.9. The number of rotatable bonds is 5. The lowest BCUT2D eigenvalue weighted by Gasteiger charge is -2.38. The number of anilines is 1. The molecule has 3 heterocycles. The third-order valence-corrected chi connectivity index (χ3v) is 6.05. The maximum atomic E-state index is 13.4. The Bertz CT molecular complexity index is 1250. The molecule has 0 saturated heterocycles. The lowest BCUT2D eigenvalue weighted by molar-refractivity contribution is -0.118. The first-order valence-corrected chi connectivity index (χ1v) is 11.1. The van der Waals surface area contributed by atoms with Crippen molar-refractivity contribution >= 4 is 11.7 Å². The molecule has 0 fully saturated rings. The Hall–Kier alpha value is -3.68. The summed E-state index contributed by atoms with van der Waals surface area (Å²) >= 11 is 0. The second-order valence-corrected chi connectivity index (χ2v) is 9.15. The number of carbonyl (C=O) groups is 1. The maximum absolute atomic E-state index is 13.4. The van der Waals surface area contributed by atoms with Crippen molar-refractivity contribution in [3.63, 3.8) is 0 Å². The molecule has 2 aliphatic rings. The number of ether oxygens (including phenoxy) is 2. The predicted molar refractivity (Wildman–Crippen MR) is 124 cm³/mol. The molecule has 0 bridgehead atoms. The van der Waals surface area contributed by atoms with Crippen molar-refractivity contribution in [3.05, 3.63) is 59.6 Å². The van der Waals surface area contributed by atoms with Crippen LogP contribution in [-0.4, -0.2) is 39.2 Å². The van der Waals surface area contributed by atoms with Crippen LogP contribution >= 0.6 is 0 Å². The van der Waals surface area contributed by atoms with Crippen LogP contribution in [0.2, 0.25) is 0 Å². The first-order valence-electron chi connectivity index (χ1n) is 11.1. The Morgan fingerprint density at radius 2 is 2.06 bits per heavy atom. The summed E-state index contributed by atoms with van der Waals surface area (Å²) < 4.78 is 13.1. The van der Waals surface area contributed by atoms with Crippen LogP contribution in [0, 0.1) is 5.41 Å². The Labute approximate surface area is 192 Å². The zero-order valence-corrected chi connectivity index (χ0v) is 19.3. The highest BCUT2D eigenvalue weighted by Crippen LogP contribution is 2.46. The molecule has 5 rings (SSSR count). The van der Waals surface area contributed by atoms with E-state index in [4.69, 9.17) is 19.6 Å². The van der Waals surface area contributed by atoms with Gasteiger partial charge in [-0.1, -0.05) is 19.9 Å². The lowest BCUT2D eigenvalue weighted by atomic mass is 9.73. The number of hydrogen-bond acceptors (Lipinski definition) is 7. The van der Waals surface area contributed by atoms with Crippen LogP contribution in [0.5, 0.6) is 11.5 Å². The minimum atomic E-state index is -0.414. The van der Waals surface area contributed by atoms with Gasteiger partial charge in [0.1, 0.15) is 6.04 Å². The van der Waals surface area contributed by atoms with Crippen molar-refractivity contribution in [3.8, 4) is 22.9 Å². The highest BCUT2D eigenvalue weighted by atomic mass is 16.5. The Kier molecular flexibility index (Phi) is 5.15. The molecule has 0 radical (unpaired) electrons. The number of methoxy groups -OCH3 is 1. The summed E-state index contributed by atoms with van der Waals surface area (Å²) in [5.74, 6) is 2.57. The van der Waals surface area contributed by atoms with Crippen molar-refractivity contribution in [1.82, 2.24) is 19.7 Å². The standard InChI is InChI=1S/C25H27N5O3/c1-5-33-19-9-8-15(11-20(19)32-4)22-21-17(12-25(2,3)13-18(21)31)27-24-28-23(29-30(22)24)16-7-6-10-26-14-16/h6-11,14,22H,5,12-13H2,1-4H3,(H,27,28,29). The minimum Gasteiger partial charge on any atom is -0.493 e. The number of ketones is 1. The molecular weight excluding hydrogens is 418 g/mol. The molecule has 1 aromatic carbocycles. The highest BCUT2D eigenvalue weighted by molar-refractivity contribution is 6.00. The number of allylic oxidation sites excluding steroid dienone is 2. The number of Topliss-reactive ketones (excluding diaryl/α,β-unsaturated/α-hetero) is 1. The molecule has 1 N–H and O–H groups in total. The van der Waals surface area contributed by atoms with E-state index in [0.29, 0.717) is 36.3 Å². The van der Waals surface area contributed by atoms with Gasteiger partial charge in [-0.3, -0.25) is 9.78 Å². The molecule has 0 saturated carbocycles.